The Morgan fingerprint density at radius 1 is 0.558 bits per heavy atom. The number of carbonyl (C=O) groups excluding carboxylic acids is 4. The van der Waals surface area contributed by atoms with Crippen LogP contribution in [0, 0.1) is 11.8 Å². The summed E-state index contributed by atoms with van der Waals surface area (Å²) >= 11 is 0. The molecule has 4 fully saturated rings. The maximum absolute atomic E-state index is 12.3. The third-order valence-electron chi connectivity index (χ3n) is 15.0. The minimum absolute atomic E-state index is 0.0749. The van der Waals surface area contributed by atoms with Gasteiger partial charge in [0.2, 0.25) is 11.8 Å². The summed E-state index contributed by atoms with van der Waals surface area (Å²) in [5.74, 6) is 0.592. The smallest absolute Gasteiger partial charge is 0.328 e. The van der Waals surface area contributed by atoms with Crippen molar-refractivity contribution in [3.05, 3.63) is 156 Å². The molecule has 0 unspecified atom stereocenters. The van der Waals surface area contributed by atoms with Crippen molar-refractivity contribution in [2.24, 2.45) is 11.8 Å². The fraction of sp³-hybridized carbons (Fsp3) is 0.375. The number of rotatable bonds is 26. The molecule has 86 heavy (non-hydrogen) atoms. The lowest BCUT2D eigenvalue weighted by atomic mass is 9.87. The lowest BCUT2D eigenvalue weighted by Gasteiger charge is -2.24. The summed E-state index contributed by atoms with van der Waals surface area (Å²) < 4.78 is 10.7. The van der Waals surface area contributed by atoms with E-state index in [4.69, 9.17) is 19.7 Å². The Labute approximate surface area is 500 Å². The molecular formula is C64H76N12O10. The van der Waals surface area contributed by atoms with Crippen molar-refractivity contribution in [1.29, 1.82) is 0 Å². The molecule has 6 aromatic rings. The van der Waals surface area contributed by atoms with Crippen molar-refractivity contribution in [3.63, 3.8) is 0 Å². The fourth-order valence-electron chi connectivity index (χ4n) is 9.72. The van der Waals surface area contributed by atoms with E-state index in [1.165, 1.54) is 37.1 Å². The van der Waals surface area contributed by atoms with Crippen LogP contribution in [0.3, 0.4) is 0 Å². The number of aliphatic carboxylic acids is 2. The number of hydrogen-bond donors (Lipinski definition) is 8. The Morgan fingerprint density at radius 2 is 0.965 bits per heavy atom. The van der Waals surface area contributed by atoms with Crippen LogP contribution < -0.4 is 21.3 Å². The number of nitrogens with zero attached hydrogens (tertiary/aromatic N) is 6. The van der Waals surface area contributed by atoms with E-state index in [1.807, 2.05) is 72.8 Å². The first-order chi connectivity index (χ1) is 41.8. The minimum atomic E-state index is -1.26. The van der Waals surface area contributed by atoms with Crippen LogP contribution in [0.5, 0.6) is 0 Å². The summed E-state index contributed by atoms with van der Waals surface area (Å²) in [6, 6.07) is 27.6. The van der Waals surface area contributed by atoms with Crippen LogP contribution in [-0.2, 0) is 38.2 Å². The van der Waals surface area contributed by atoms with Crippen molar-refractivity contribution >= 4 is 59.6 Å². The number of nitrogens with one attached hydrogen (secondary N) is 6. The van der Waals surface area contributed by atoms with Crippen LogP contribution in [0.25, 0.3) is 22.3 Å². The van der Waals surface area contributed by atoms with E-state index in [9.17, 15) is 28.8 Å². The summed E-state index contributed by atoms with van der Waals surface area (Å²) in [5.41, 5.74) is 8.05. The molecule has 2 saturated carbocycles. The SMILES string of the molecule is C[C@H](CNc1cc(C2CC2)[nH]n1)[C@H](C=O)c1cccc(-c2ccc(NC(=O)/C=C/CN3CCOCC3)nc2)c1.C[C@H](CNc1cc(C2CC2)[nH]n1)[C@H](C=O)c1cccc(-c2ccc(NC(=O)/C=C/CN3CCOCC3)nc2)c1.O=C(O)/C=C/C(=O)O. The molecular weight excluding hydrogens is 1100 g/mol. The molecule has 0 radical (unpaired) electrons. The molecule has 0 bridgehead atoms. The number of aromatic nitrogens is 6. The molecule has 2 amide bonds. The number of anilines is 4. The van der Waals surface area contributed by atoms with Gasteiger partial charge >= 0.3 is 11.9 Å². The molecule has 2 aromatic carbocycles. The van der Waals surface area contributed by atoms with Crippen LogP contribution >= 0.6 is 0 Å². The number of aromatic amines is 2. The predicted molar refractivity (Wildman–Crippen MR) is 328 cm³/mol. The molecule has 2 saturated heterocycles. The highest BCUT2D eigenvalue weighted by atomic mass is 16.5. The molecule has 6 heterocycles. The zero-order valence-electron chi connectivity index (χ0n) is 48.5. The van der Waals surface area contributed by atoms with Crippen LogP contribution in [0.2, 0.25) is 0 Å². The Bertz CT molecular complexity index is 3050. The number of hydrogen-bond acceptors (Lipinski definition) is 16. The third kappa shape index (κ3) is 20.4. The number of ether oxygens (including phenoxy) is 2. The highest BCUT2D eigenvalue weighted by Gasteiger charge is 2.27. The minimum Gasteiger partial charge on any atom is -0.478 e. The highest BCUT2D eigenvalue weighted by Crippen LogP contribution is 2.40. The van der Waals surface area contributed by atoms with Gasteiger partial charge in [-0.1, -0.05) is 74.5 Å². The van der Waals surface area contributed by atoms with Gasteiger partial charge in [0.05, 0.1) is 26.4 Å². The number of morpholine rings is 2. The van der Waals surface area contributed by atoms with Crippen LogP contribution in [0.1, 0.15) is 85.7 Å². The Morgan fingerprint density at radius 3 is 1.31 bits per heavy atom. The zero-order valence-corrected chi connectivity index (χ0v) is 48.5. The molecule has 22 nitrogen and oxygen atoms in total. The second-order valence-electron chi connectivity index (χ2n) is 21.7. The van der Waals surface area contributed by atoms with Crippen molar-refractivity contribution in [3.8, 4) is 22.3 Å². The quantitative estimate of drug-likeness (QED) is 0.0188. The lowest BCUT2D eigenvalue weighted by molar-refractivity contribution is -0.134. The van der Waals surface area contributed by atoms with Gasteiger partial charge in [0.1, 0.15) is 35.8 Å². The van der Waals surface area contributed by atoms with Crippen LogP contribution in [0.4, 0.5) is 23.3 Å². The maximum Gasteiger partial charge on any atom is 0.328 e. The Kier molecular flexibility index (Phi) is 23.7. The van der Waals surface area contributed by atoms with Crippen molar-refractivity contribution in [1.82, 2.24) is 40.2 Å². The van der Waals surface area contributed by atoms with E-state index >= 15 is 0 Å². The van der Waals surface area contributed by atoms with Gasteiger partial charge in [0.15, 0.2) is 0 Å². The number of benzene rings is 2. The van der Waals surface area contributed by atoms with Gasteiger partial charge in [-0.25, -0.2) is 19.6 Å². The molecule has 2 aliphatic carbocycles. The van der Waals surface area contributed by atoms with Crippen LogP contribution in [-0.4, -0.2) is 165 Å². The van der Waals surface area contributed by atoms with E-state index in [0.29, 0.717) is 48.7 Å². The van der Waals surface area contributed by atoms with E-state index in [2.05, 4.69) is 87.4 Å². The highest BCUT2D eigenvalue weighted by molar-refractivity contribution is 5.99. The normalized spacial score (nSPS) is 16.8. The number of H-pyrrole nitrogens is 2. The monoisotopic (exact) mass is 1170 g/mol. The standard InChI is InChI=1S/2C30H36N6O3.C4H4O4/c2*1-21(18-31-29-17-27(34-35-29)22-7-8-22)26(20-37)24-5-2-4-23(16-24)25-9-10-28(32-19-25)33-30(38)6-3-11-36-12-14-39-15-13-36;5-3(6)1-2-4(7)8/h2*2-6,9-10,16-17,19-22,26H,7-8,11-15,18H2,1H3,(H2,31,34,35)(H,32,33,38);1-2H,(H,5,6)(H,7,8)/b2*6-3+;2-1+/t2*21-,26+;/m11./s1. The third-order valence-corrected chi connectivity index (χ3v) is 15.0. The average molecular weight is 1170 g/mol. The van der Waals surface area contributed by atoms with Crippen LogP contribution in [0.15, 0.2) is 134 Å². The molecule has 4 atom stereocenters. The predicted octanol–water partition coefficient (Wildman–Crippen LogP) is 8.13. The van der Waals surface area contributed by atoms with Crippen molar-refractivity contribution in [2.45, 2.75) is 63.2 Å². The molecule has 8 N–H and O–H groups in total. The van der Waals surface area contributed by atoms with Gasteiger partial charge in [-0.15, -0.1) is 0 Å². The number of carbonyl (C=O) groups is 6. The average Bonchev–Trinajstić information content (AvgIpc) is 4.40. The molecule has 22 heteroatoms. The second-order valence-corrected chi connectivity index (χ2v) is 21.7. The summed E-state index contributed by atoms with van der Waals surface area (Å²) in [6.07, 6.45) is 18.3. The largest absolute Gasteiger partial charge is 0.478 e. The van der Waals surface area contributed by atoms with Gasteiger partial charge in [0, 0.05) is 147 Å². The first kappa shape index (κ1) is 63.1. The summed E-state index contributed by atoms with van der Waals surface area (Å²) in [5, 5.41) is 42.9. The fourth-order valence-corrected chi connectivity index (χ4v) is 9.72. The molecule has 10 rings (SSSR count). The number of carboxylic acids is 2. The number of aldehydes is 2. The molecule has 452 valence electrons. The van der Waals surface area contributed by atoms with Gasteiger partial charge in [-0.05, 0) is 84.0 Å². The zero-order chi connectivity index (χ0) is 60.6. The number of amides is 2. The number of pyridine rings is 2. The van der Waals surface area contributed by atoms with Crippen molar-refractivity contribution < 1.29 is 48.5 Å². The topological polar surface area (TPSA) is 299 Å². The van der Waals surface area contributed by atoms with Gasteiger partial charge in [-0.2, -0.15) is 10.2 Å². The second kappa shape index (κ2) is 32.4. The maximum atomic E-state index is 12.3. The van der Waals surface area contributed by atoms with Crippen molar-refractivity contribution in [2.75, 3.05) is 100 Å². The molecule has 0 spiro atoms. The summed E-state index contributed by atoms with van der Waals surface area (Å²) in [7, 11) is 0. The lowest BCUT2D eigenvalue weighted by Crippen LogP contribution is -2.36. The number of carboxylic acid groups (broad SMARTS) is 2. The Balaban J connectivity index is 0.000000198. The van der Waals surface area contributed by atoms with Gasteiger partial charge in [-0.3, -0.25) is 29.6 Å². The molecule has 2 aliphatic heterocycles. The van der Waals surface area contributed by atoms with E-state index in [0.717, 1.165) is 123 Å². The molecule has 4 aromatic heterocycles. The van der Waals surface area contributed by atoms with Gasteiger partial charge in [0.25, 0.3) is 0 Å². The first-order valence-corrected chi connectivity index (χ1v) is 29.1. The molecule has 4 aliphatic rings. The summed E-state index contributed by atoms with van der Waals surface area (Å²) in [4.78, 5) is 81.2. The Hall–Kier alpha value is -8.96. The van der Waals surface area contributed by atoms with Gasteiger partial charge < -0.3 is 50.5 Å². The van der Waals surface area contributed by atoms with E-state index in [1.54, 1.807) is 36.7 Å². The first-order valence-electron chi connectivity index (χ1n) is 29.1. The summed E-state index contributed by atoms with van der Waals surface area (Å²) in [6.45, 7) is 13.3. The van der Waals surface area contributed by atoms with E-state index in [-0.39, 0.29) is 35.5 Å². The van der Waals surface area contributed by atoms with E-state index < -0.39 is 11.9 Å².